The summed E-state index contributed by atoms with van der Waals surface area (Å²) >= 11 is 7.08. The van der Waals surface area contributed by atoms with Crippen molar-refractivity contribution < 1.29 is 9.18 Å². The van der Waals surface area contributed by atoms with Crippen LogP contribution in [0.15, 0.2) is 42.5 Å². The molecule has 0 saturated heterocycles. The van der Waals surface area contributed by atoms with Crippen LogP contribution >= 0.6 is 31.9 Å². The van der Waals surface area contributed by atoms with Crippen LogP contribution in [0.5, 0.6) is 0 Å². The van der Waals surface area contributed by atoms with E-state index >= 15 is 0 Å². The van der Waals surface area contributed by atoms with E-state index in [0.717, 1.165) is 11.1 Å². The molecule has 0 aliphatic carbocycles. The van der Waals surface area contributed by atoms with Gasteiger partial charge < -0.3 is 0 Å². The lowest BCUT2D eigenvalue weighted by Crippen LogP contribution is -2.04. The predicted octanol–water partition coefficient (Wildman–Crippen LogP) is 5.97. The minimum absolute atomic E-state index is 0.0978. The number of carbonyl (C=O) groups excluding carboxylic acids is 1. The Bertz CT molecular complexity index is 622. The minimum Gasteiger partial charge on any atom is -0.289 e. The largest absolute Gasteiger partial charge is 0.289 e. The van der Waals surface area contributed by atoms with Crippen LogP contribution in [-0.4, -0.2) is 5.78 Å². The Hall–Kier alpha value is -1.00. The van der Waals surface area contributed by atoms with E-state index in [4.69, 9.17) is 0 Å². The van der Waals surface area contributed by atoms with Crippen LogP contribution in [0, 0.1) is 5.82 Å². The van der Waals surface area contributed by atoms with E-state index < -0.39 is 0 Å². The predicted molar refractivity (Wildman–Crippen MR) is 91.0 cm³/mol. The Balaban J connectivity index is 2.46. The summed E-state index contributed by atoms with van der Waals surface area (Å²) in [5, 5.41) is 0. The van der Waals surface area contributed by atoms with E-state index in [2.05, 4.69) is 37.9 Å². The molecule has 2 aromatic rings. The zero-order valence-electron chi connectivity index (χ0n) is 11.7. The summed E-state index contributed by atoms with van der Waals surface area (Å²) in [4.78, 5) is 12.9. The lowest BCUT2D eigenvalue weighted by Gasteiger charge is -2.12. The Morgan fingerprint density at radius 3 is 1.81 bits per heavy atom. The summed E-state index contributed by atoms with van der Waals surface area (Å²) in [7, 11) is 0. The van der Waals surface area contributed by atoms with Crippen molar-refractivity contribution in [2.45, 2.75) is 23.5 Å². The molecular weight excluding hydrogens is 399 g/mol. The fourth-order valence-corrected chi connectivity index (χ4v) is 2.56. The van der Waals surface area contributed by atoms with Gasteiger partial charge in [0, 0.05) is 20.8 Å². The summed E-state index contributed by atoms with van der Waals surface area (Å²) in [6, 6.07) is 11.5. The Kier molecular flexibility index (Phi) is 5.33. The average molecular weight is 414 g/mol. The Labute approximate surface area is 140 Å². The van der Waals surface area contributed by atoms with Crippen molar-refractivity contribution in [1.29, 1.82) is 0 Å². The maximum absolute atomic E-state index is 13.0. The van der Waals surface area contributed by atoms with Gasteiger partial charge in [0.25, 0.3) is 0 Å². The first-order valence-corrected chi connectivity index (χ1v) is 8.45. The monoisotopic (exact) mass is 412 g/mol. The molecule has 1 nitrogen and oxygen atoms in total. The highest BCUT2D eigenvalue weighted by atomic mass is 79.9. The van der Waals surface area contributed by atoms with Gasteiger partial charge in [-0.2, -0.15) is 0 Å². The van der Waals surface area contributed by atoms with Gasteiger partial charge in [-0.05, 0) is 61.4 Å². The third-order valence-electron chi connectivity index (χ3n) is 3.26. The third kappa shape index (κ3) is 4.01. The van der Waals surface area contributed by atoms with Crippen LogP contribution in [0.2, 0.25) is 0 Å². The maximum Gasteiger partial charge on any atom is 0.193 e. The molecule has 2 atom stereocenters. The molecule has 0 bridgehead atoms. The SMILES string of the molecule is CC(Br)c1cc(C(=O)c2ccc(F)cc2)cc(C(C)Br)c1. The molecule has 21 heavy (non-hydrogen) atoms. The van der Waals surface area contributed by atoms with Gasteiger partial charge in [0.05, 0.1) is 0 Å². The second kappa shape index (κ2) is 6.84. The van der Waals surface area contributed by atoms with Crippen molar-refractivity contribution in [2.24, 2.45) is 0 Å². The first-order valence-electron chi connectivity index (χ1n) is 6.62. The Morgan fingerprint density at radius 2 is 1.38 bits per heavy atom. The number of carbonyl (C=O) groups is 1. The number of benzene rings is 2. The summed E-state index contributed by atoms with van der Waals surface area (Å²) in [6.45, 7) is 4.04. The van der Waals surface area contributed by atoms with Crippen LogP contribution in [-0.2, 0) is 0 Å². The molecule has 4 heteroatoms. The quantitative estimate of drug-likeness (QED) is 0.445. The third-order valence-corrected chi connectivity index (χ3v) is 4.32. The average Bonchev–Trinajstić information content (AvgIpc) is 2.46. The summed E-state index contributed by atoms with van der Waals surface area (Å²) in [5.41, 5.74) is 3.20. The molecule has 0 amide bonds. The number of halogens is 3. The van der Waals surface area contributed by atoms with Crippen molar-refractivity contribution in [1.82, 2.24) is 0 Å². The van der Waals surface area contributed by atoms with Crippen LogP contribution in [0.25, 0.3) is 0 Å². The van der Waals surface area contributed by atoms with Gasteiger partial charge >= 0.3 is 0 Å². The molecule has 0 aromatic heterocycles. The molecule has 2 aromatic carbocycles. The standard InChI is InChI=1S/C17H15Br2FO/c1-10(18)13-7-14(11(2)19)9-15(8-13)17(21)12-3-5-16(20)6-4-12/h3-11H,1-2H3. The summed E-state index contributed by atoms with van der Waals surface area (Å²) in [6.07, 6.45) is 0. The van der Waals surface area contributed by atoms with E-state index in [0.29, 0.717) is 11.1 Å². The van der Waals surface area contributed by atoms with Gasteiger partial charge in [-0.3, -0.25) is 4.79 Å². The zero-order chi connectivity index (χ0) is 15.6. The molecule has 0 aliphatic heterocycles. The molecular formula is C17H15Br2FO. The molecule has 0 spiro atoms. The highest BCUT2D eigenvalue weighted by Crippen LogP contribution is 2.30. The van der Waals surface area contributed by atoms with Gasteiger partial charge in [0.2, 0.25) is 0 Å². The lowest BCUT2D eigenvalue weighted by atomic mass is 9.97. The van der Waals surface area contributed by atoms with Crippen LogP contribution in [0.3, 0.4) is 0 Å². The summed E-state index contributed by atoms with van der Waals surface area (Å²) < 4.78 is 13.0. The molecule has 110 valence electrons. The molecule has 0 aliphatic rings. The van der Waals surface area contributed by atoms with Crippen molar-refractivity contribution >= 4 is 37.6 Å². The molecule has 0 radical (unpaired) electrons. The zero-order valence-corrected chi connectivity index (χ0v) is 14.9. The van der Waals surface area contributed by atoms with Crippen LogP contribution < -0.4 is 0 Å². The second-order valence-corrected chi connectivity index (χ2v) is 7.70. The highest BCUT2D eigenvalue weighted by molar-refractivity contribution is 9.09. The smallest absolute Gasteiger partial charge is 0.193 e. The summed E-state index contributed by atoms with van der Waals surface area (Å²) in [5.74, 6) is -0.441. The fourth-order valence-electron chi connectivity index (χ4n) is 2.03. The van der Waals surface area contributed by atoms with E-state index in [1.54, 1.807) is 0 Å². The van der Waals surface area contributed by atoms with Crippen LogP contribution in [0.4, 0.5) is 4.39 Å². The number of hydrogen-bond donors (Lipinski definition) is 0. The van der Waals surface area contributed by atoms with E-state index in [1.165, 1.54) is 24.3 Å². The topological polar surface area (TPSA) is 17.1 Å². The van der Waals surface area contributed by atoms with Crippen LogP contribution in [0.1, 0.15) is 50.6 Å². The molecule has 0 fully saturated rings. The fraction of sp³-hybridized carbons (Fsp3) is 0.235. The van der Waals surface area contributed by atoms with Gasteiger partial charge in [0.15, 0.2) is 5.78 Å². The van der Waals surface area contributed by atoms with Gasteiger partial charge in [-0.1, -0.05) is 37.9 Å². The van der Waals surface area contributed by atoms with E-state index in [9.17, 15) is 9.18 Å². The molecule has 2 rings (SSSR count). The number of ketones is 1. The maximum atomic E-state index is 13.0. The van der Waals surface area contributed by atoms with Gasteiger partial charge in [-0.15, -0.1) is 0 Å². The first kappa shape index (κ1) is 16.4. The minimum atomic E-state index is -0.343. The number of rotatable bonds is 4. The number of alkyl halides is 2. The lowest BCUT2D eigenvalue weighted by molar-refractivity contribution is 0.103. The second-order valence-electron chi connectivity index (χ2n) is 4.96. The highest BCUT2D eigenvalue weighted by Gasteiger charge is 2.14. The van der Waals surface area contributed by atoms with Crippen molar-refractivity contribution in [3.05, 3.63) is 70.5 Å². The van der Waals surface area contributed by atoms with E-state index in [1.807, 2.05) is 26.0 Å². The molecule has 2 unspecified atom stereocenters. The normalized spacial score (nSPS) is 13.8. The van der Waals surface area contributed by atoms with Gasteiger partial charge in [-0.25, -0.2) is 4.39 Å². The first-order chi connectivity index (χ1) is 9.88. The van der Waals surface area contributed by atoms with Crippen molar-refractivity contribution in [2.75, 3.05) is 0 Å². The van der Waals surface area contributed by atoms with Crippen molar-refractivity contribution in [3.8, 4) is 0 Å². The van der Waals surface area contributed by atoms with E-state index in [-0.39, 0.29) is 21.3 Å². The molecule has 0 N–H and O–H groups in total. The number of hydrogen-bond acceptors (Lipinski definition) is 1. The van der Waals surface area contributed by atoms with Crippen molar-refractivity contribution in [3.63, 3.8) is 0 Å². The Morgan fingerprint density at radius 1 is 0.905 bits per heavy atom. The molecule has 0 saturated carbocycles. The molecule has 0 heterocycles. The van der Waals surface area contributed by atoms with Gasteiger partial charge in [0.1, 0.15) is 5.82 Å².